The number of benzene rings is 1. The number of hydrazone groups is 1. The number of hydrogen-bond acceptors (Lipinski definition) is 4. The van der Waals surface area contributed by atoms with Crippen LogP contribution in [-0.4, -0.2) is 26.0 Å². The summed E-state index contributed by atoms with van der Waals surface area (Å²) in [5.74, 6) is 1.29. The lowest BCUT2D eigenvalue weighted by Crippen LogP contribution is -2.25. The van der Waals surface area contributed by atoms with E-state index in [1.54, 1.807) is 39.3 Å². The molecule has 0 saturated heterocycles. The molecule has 0 heterocycles. The van der Waals surface area contributed by atoms with E-state index in [9.17, 15) is 4.79 Å². The van der Waals surface area contributed by atoms with Gasteiger partial charge in [0.2, 0.25) is 0 Å². The molecule has 0 aromatic heterocycles. The smallest absolute Gasteiger partial charge is 0.332 e. The highest BCUT2D eigenvalue weighted by atomic mass is 16.5. The van der Waals surface area contributed by atoms with E-state index < -0.39 is 6.03 Å². The summed E-state index contributed by atoms with van der Waals surface area (Å²) in [6.07, 6.45) is 0. The lowest BCUT2D eigenvalue weighted by atomic mass is 10.1. The maximum Gasteiger partial charge on any atom is 0.332 e. The number of urea groups is 1. The predicted octanol–water partition coefficient (Wildman–Crippen LogP) is 1.10. The largest absolute Gasteiger partial charge is 0.497 e. The molecule has 0 aliphatic heterocycles. The van der Waals surface area contributed by atoms with Gasteiger partial charge in [-0.15, -0.1) is 0 Å². The molecular weight excluding hydrogens is 222 g/mol. The molecule has 0 saturated carbocycles. The van der Waals surface area contributed by atoms with E-state index in [0.717, 1.165) is 5.56 Å². The molecule has 0 aliphatic carbocycles. The third-order valence-electron chi connectivity index (χ3n) is 2.10. The highest BCUT2D eigenvalue weighted by molar-refractivity contribution is 5.99. The van der Waals surface area contributed by atoms with Crippen LogP contribution in [0.25, 0.3) is 0 Å². The normalized spacial score (nSPS) is 10.9. The zero-order chi connectivity index (χ0) is 12.8. The van der Waals surface area contributed by atoms with Crippen LogP contribution in [0.3, 0.4) is 0 Å². The van der Waals surface area contributed by atoms with Crippen molar-refractivity contribution in [3.05, 3.63) is 23.8 Å². The minimum atomic E-state index is -0.709. The second kappa shape index (κ2) is 5.74. The average Bonchev–Trinajstić information content (AvgIpc) is 2.34. The number of primary amides is 1. The number of carbonyl (C=O) groups excluding carboxylic acids is 1. The fourth-order valence-electron chi connectivity index (χ4n) is 1.22. The van der Waals surface area contributed by atoms with Crippen molar-refractivity contribution in [1.29, 1.82) is 0 Å². The molecule has 0 radical (unpaired) electrons. The van der Waals surface area contributed by atoms with Crippen molar-refractivity contribution in [3.8, 4) is 11.5 Å². The molecule has 1 rings (SSSR count). The molecule has 17 heavy (non-hydrogen) atoms. The van der Waals surface area contributed by atoms with Gasteiger partial charge in [-0.05, 0) is 19.1 Å². The fourth-order valence-corrected chi connectivity index (χ4v) is 1.22. The molecule has 0 bridgehead atoms. The summed E-state index contributed by atoms with van der Waals surface area (Å²) >= 11 is 0. The van der Waals surface area contributed by atoms with Crippen molar-refractivity contribution in [3.63, 3.8) is 0 Å². The SMILES string of the molecule is COc1cc(OC)cc(C(C)=NNC(N)=O)c1. The topological polar surface area (TPSA) is 85.9 Å². The van der Waals surface area contributed by atoms with Gasteiger partial charge in [-0.2, -0.15) is 5.10 Å². The van der Waals surface area contributed by atoms with E-state index >= 15 is 0 Å². The first-order valence-corrected chi connectivity index (χ1v) is 4.90. The number of nitrogens with zero attached hydrogens (tertiary/aromatic N) is 1. The van der Waals surface area contributed by atoms with Gasteiger partial charge in [-0.3, -0.25) is 0 Å². The maximum atomic E-state index is 10.5. The van der Waals surface area contributed by atoms with Gasteiger partial charge < -0.3 is 15.2 Å². The first kappa shape index (κ1) is 12.8. The van der Waals surface area contributed by atoms with Crippen molar-refractivity contribution in [2.75, 3.05) is 14.2 Å². The van der Waals surface area contributed by atoms with Crippen LogP contribution in [0.2, 0.25) is 0 Å². The Labute approximate surface area is 99.4 Å². The monoisotopic (exact) mass is 237 g/mol. The van der Waals surface area contributed by atoms with E-state index in [0.29, 0.717) is 17.2 Å². The molecule has 92 valence electrons. The third kappa shape index (κ3) is 3.67. The number of nitrogens with one attached hydrogen (secondary N) is 1. The quantitative estimate of drug-likeness (QED) is 0.607. The number of amides is 2. The minimum absolute atomic E-state index is 0.598. The zero-order valence-electron chi connectivity index (χ0n) is 9.98. The van der Waals surface area contributed by atoms with Gasteiger partial charge in [-0.25, -0.2) is 10.2 Å². The van der Waals surface area contributed by atoms with E-state index in [1.165, 1.54) is 0 Å². The van der Waals surface area contributed by atoms with Crippen LogP contribution in [0, 0.1) is 0 Å². The molecule has 0 fully saturated rings. The highest BCUT2D eigenvalue weighted by Gasteiger charge is 2.04. The molecule has 2 amide bonds. The number of ether oxygens (including phenoxy) is 2. The second-order valence-corrected chi connectivity index (χ2v) is 3.27. The minimum Gasteiger partial charge on any atom is -0.497 e. The summed E-state index contributed by atoms with van der Waals surface area (Å²) in [6.45, 7) is 1.74. The van der Waals surface area contributed by atoms with Gasteiger partial charge in [0.15, 0.2) is 0 Å². The lowest BCUT2D eigenvalue weighted by Gasteiger charge is -2.08. The van der Waals surface area contributed by atoms with Gasteiger partial charge in [0.1, 0.15) is 11.5 Å². The van der Waals surface area contributed by atoms with Gasteiger partial charge in [0, 0.05) is 11.6 Å². The molecule has 6 nitrogen and oxygen atoms in total. The molecule has 1 aromatic rings. The predicted molar refractivity (Wildman–Crippen MR) is 64.5 cm³/mol. The van der Waals surface area contributed by atoms with E-state index in [4.69, 9.17) is 15.2 Å². The van der Waals surface area contributed by atoms with Crippen molar-refractivity contribution in [2.45, 2.75) is 6.92 Å². The van der Waals surface area contributed by atoms with Gasteiger partial charge >= 0.3 is 6.03 Å². The van der Waals surface area contributed by atoms with E-state index in [1.807, 2.05) is 0 Å². The molecule has 0 aliphatic rings. The van der Waals surface area contributed by atoms with Gasteiger partial charge in [0.25, 0.3) is 0 Å². The Kier molecular flexibility index (Phi) is 4.33. The average molecular weight is 237 g/mol. The Bertz CT molecular complexity index is 421. The highest BCUT2D eigenvalue weighted by Crippen LogP contribution is 2.22. The lowest BCUT2D eigenvalue weighted by molar-refractivity contribution is 0.249. The second-order valence-electron chi connectivity index (χ2n) is 3.27. The molecule has 0 atom stereocenters. The van der Waals surface area contributed by atoms with E-state index in [-0.39, 0.29) is 0 Å². The van der Waals surface area contributed by atoms with Crippen LogP contribution in [-0.2, 0) is 0 Å². The van der Waals surface area contributed by atoms with Gasteiger partial charge in [-0.1, -0.05) is 0 Å². The summed E-state index contributed by atoms with van der Waals surface area (Å²) in [7, 11) is 3.12. The first-order chi connectivity index (χ1) is 8.06. The van der Waals surface area contributed by atoms with Gasteiger partial charge in [0.05, 0.1) is 19.9 Å². The molecular formula is C11H15N3O3. The summed E-state index contributed by atoms with van der Waals surface area (Å²) in [5, 5.41) is 3.83. The number of nitrogens with two attached hydrogens (primary N) is 1. The van der Waals surface area contributed by atoms with Crippen molar-refractivity contribution < 1.29 is 14.3 Å². The molecule has 6 heteroatoms. The Morgan fingerprint density at radius 2 is 1.76 bits per heavy atom. The Morgan fingerprint density at radius 1 is 1.24 bits per heavy atom. The number of rotatable bonds is 4. The first-order valence-electron chi connectivity index (χ1n) is 4.90. The van der Waals surface area contributed by atoms with Crippen molar-refractivity contribution in [1.82, 2.24) is 5.43 Å². The maximum absolute atomic E-state index is 10.5. The van der Waals surface area contributed by atoms with Crippen molar-refractivity contribution in [2.24, 2.45) is 10.8 Å². The number of carbonyl (C=O) groups is 1. The Morgan fingerprint density at radius 3 is 2.18 bits per heavy atom. The standard InChI is InChI=1S/C11H15N3O3/c1-7(13-14-11(12)15)8-4-9(16-2)6-10(5-8)17-3/h4-6H,1-3H3,(H3,12,14,15). The summed E-state index contributed by atoms with van der Waals surface area (Å²) in [4.78, 5) is 10.5. The van der Waals surface area contributed by atoms with Crippen molar-refractivity contribution >= 4 is 11.7 Å². The number of methoxy groups -OCH3 is 2. The summed E-state index contributed by atoms with van der Waals surface area (Å²) in [5.41, 5.74) is 8.46. The molecule has 3 N–H and O–H groups in total. The third-order valence-corrected chi connectivity index (χ3v) is 2.10. The molecule has 0 spiro atoms. The zero-order valence-corrected chi connectivity index (χ0v) is 9.98. The van der Waals surface area contributed by atoms with Crippen LogP contribution in [0.5, 0.6) is 11.5 Å². The summed E-state index contributed by atoms with van der Waals surface area (Å²) < 4.78 is 10.3. The van der Waals surface area contributed by atoms with Crippen LogP contribution < -0.4 is 20.6 Å². The van der Waals surface area contributed by atoms with Crippen LogP contribution in [0.1, 0.15) is 12.5 Å². The van der Waals surface area contributed by atoms with Crippen LogP contribution in [0.15, 0.2) is 23.3 Å². The summed E-state index contributed by atoms with van der Waals surface area (Å²) in [6, 6.07) is 4.60. The van der Waals surface area contributed by atoms with Crippen LogP contribution in [0.4, 0.5) is 4.79 Å². The fraction of sp³-hybridized carbons (Fsp3) is 0.273. The Balaban J connectivity index is 3.03. The molecule has 1 aromatic carbocycles. The molecule has 0 unspecified atom stereocenters. The Hall–Kier alpha value is -2.24. The van der Waals surface area contributed by atoms with E-state index in [2.05, 4.69) is 10.5 Å². The number of hydrogen-bond donors (Lipinski definition) is 2. The van der Waals surface area contributed by atoms with Crippen LogP contribution >= 0.6 is 0 Å².